The van der Waals surface area contributed by atoms with Gasteiger partial charge in [0.05, 0.1) is 4.92 Å². The van der Waals surface area contributed by atoms with Gasteiger partial charge in [-0.15, -0.1) is 0 Å². The molecule has 7 heteroatoms. The van der Waals surface area contributed by atoms with Crippen molar-refractivity contribution in [1.82, 2.24) is 9.88 Å². The van der Waals surface area contributed by atoms with Crippen LogP contribution in [0.5, 0.6) is 5.75 Å². The number of para-hydroxylation sites is 1. The van der Waals surface area contributed by atoms with Crippen LogP contribution in [0.15, 0.2) is 48.5 Å². The maximum Gasteiger partial charge on any atom is 0.295 e. The minimum atomic E-state index is -0.369. The molecule has 7 nitrogen and oxygen atoms in total. The number of aryl methyl sites for hydroxylation is 1. The zero-order chi connectivity index (χ0) is 19.7. The first-order valence-electron chi connectivity index (χ1n) is 9.31. The highest BCUT2D eigenvalue weighted by molar-refractivity contribution is 5.97. The number of nitrogens with zero attached hydrogens (tertiary/aromatic N) is 4. The van der Waals surface area contributed by atoms with Crippen molar-refractivity contribution in [2.24, 2.45) is 0 Å². The maximum atomic E-state index is 11.4. The second kappa shape index (κ2) is 7.44. The molecule has 28 heavy (non-hydrogen) atoms. The molecule has 0 radical (unpaired) electrons. The summed E-state index contributed by atoms with van der Waals surface area (Å²) in [6.45, 7) is 6.10. The lowest BCUT2D eigenvalue weighted by atomic mass is 10.1. The van der Waals surface area contributed by atoms with Crippen molar-refractivity contribution in [3.05, 3.63) is 69.9 Å². The van der Waals surface area contributed by atoms with E-state index in [1.165, 1.54) is 6.07 Å². The molecule has 0 saturated carbocycles. The van der Waals surface area contributed by atoms with Crippen LogP contribution in [0.3, 0.4) is 0 Å². The number of anilines is 1. The van der Waals surface area contributed by atoms with Crippen molar-refractivity contribution in [3.63, 3.8) is 0 Å². The minimum Gasteiger partial charge on any atom is -0.508 e. The van der Waals surface area contributed by atoms with Gasteiger partial charge in [0, 0.05) is 55.6 Å². The first kappa shape index (κ1) is 18.2. The zero-order valence-electron chi connectivity index (χ0n) is 15.7. The first-order valence-corrected chi connectivity index (χ1v) is 9.31. The number of fused-ring (bicyclic) bond motifs is 1. The number of piperazine rings is 1. The van der Waals surface area contributed by atoms with Gasteiger partial charge in [-0.3, -0.25) is 15.0 Å². The van der Waals surface area contributed by atoms with Crippen molar-refractivity contribution >= 4 is 22.3 Å². The molecule has 3 aromatic rings. The van der Waals surface area contributed by atoms with E-state index in [0.717, 1.165) is 55.1 Å². The van der Waals surface area contributed by atoms with E-state index in [2.05, 4.69) is 14.8 Å². The van der Waals surface area contributed by atoms with Crippen LogP contribution >= 0.6 is 0 Å². The van der Waals surface area contributed by atoms with E-state index >= 15 is 0 Å². The van der Waals surface area contributed by atoms with Gasteiger partial charge in [0.2, 0.25) is 0 Å². The van der Waals surface area contributed by atoms with Gasteiger partial charge < -0.3 is 10.0 Å². The Morgan fingerprint density at radius 3 is 2.57 bits per heavy atom. The van der Waals surface area contributed by atoms with Gasteiger partial charge in [-0.25, -0.2) is 4.98 Å². The summed E-state index contributed by atoms with van der Waals surface area (Å²) < 4.78 is 0. The predicted molar refractivity (Wildman–Crippen MR) is 109 cm³/mol. The molecule has 0 aliphatic carbocycles. The highest BCUT2D eigenvalue weighted by Crippen LogP contribution is 2.32. The van der Waals surface area contributed by atoms with Crippen LogP contribution in [0.1, 0.15) is 11.3 Å². The lowest BCUT2D eigenvalue weighted by Crippen LogP contribution is -2.46. The van der Waals surface area contributed by atoms with Crippen molar-refractivity contribution in [3.8, 4) is 5.75 Å². The van der Waals surface area contributed by atoms with Crippen molar-refractivity contribution in [2.75, 3.05) is 31.1 Å². The number of hydrogen-bond acceptors (Lipinski definition) is 6. The number of nitro benzene ring substituents is 1. The predicted octanol–water partition coefficient (Wildman–Crippen LogP) is 3.48. The average Bonchev–Trinajstić information content (AvgIpc) is 2.67. The van der Waals surface area contributed by atoms with Crippen molar-refractivity contribution < 1.29 is 10.0 Å². The summed E-state index contributed by atoms with van der Waals surface area (Å²) in [4.78, 5) is 20.1. The number of non-ortho nitro benzene ring substituents is 1. The molecular weight excluding hydrogens is 356 g/mol. The van der Waals surface area contributed by atoms with E-state index in [0.29, 0.717) is 5.52 Å². The molecule has 0 amide bonds. The number of benzene rings is 2. The number of hydrogen-bond donors (Lipinski definition) is 1. The average molecular weight is 378 g/mol. The monoisotopic (exact) mass is 378 g/mol. The number of rotatable bonds is 4. The Kier molecular flexibility index (Phi) is 4.83. The molecule has 0 spiro atoms. The van der Waals surface area contributed by atoms with Gasteiger partial charge in [0.25, 0.3) is 5.69 Å². The Hall–Kier alpha value is -3.19. The molecule has 0 bridgehead atoms. The normalized spacial score (nSPS) is 15.1. The van der Waals surface area contributed by atoms with E-state index in [-0.39, 0.29) is 16.4 Å². The van der Waals surface area contributed by atoms with Gasteiger partial charge in [0.15, 0.2) is 5.52 Å². The highest BCUT2D eigenvalue weighted by Gasteiger charge is 2.22. The maximum absolute atomic E-state index is 11.4. The van der Waals surface area contributed by atoms with Crippen molar-refractivity contribution in [2.45, 2.75) is 13.5 Å². The SMILES string of the molecule is Cc1cc(N2CCN(Cc3cccc(O)c3)CC2)c2cccc([N+](=O)[O-])c2n1. The van der Waals surface area contributed by atoms with E-state index in [1.807, 2.05) is 31.2 Å². The van der Waals surface area contributed by atoms with Crippen LogP contribution in [0.2, 0.25) is 0 Å². The van der Waals surface area contributed by atoms with E-state index < -0.39 is 0 Å². The summed E-state index contributed by atoms with van der Waals surface area (Å²) in [7, 11) is 0. The Balaban J connectivity index is 1.55. The zero-order valence-corrected chi connectivity index (χ0v) is 15.7. The molecule has 1 aliphatic heterocycles. The highest BCUT2D eigenvalue weighted by atomic mass is 16.6. The molecule has 2 aromatic carbocycles. The number of phenols is 1. The van der Waals surface area contributed by atoms with E-state index in [9.17, 15) is 15.2 Å². The molecule has 1 N–H and O–H groups in total. The number of pyridine rings is 1. The quantitative estimate of drug-likeness (QED) is 0.553. The fourth-order valence-corrected chi connectivity index (χ4v) is 3.81. The number of nitro groups is 1. The fraction of sp³-hybridized carbons (Fsp3) is 0.286. The second-order valence-corrected chi connectivity index (χ2v) is 7.15. The summed E-state index contributed by atoms with van der Waals surface area (Å²) >= 11 is 0. The lowest BCUT2D eigenvalue weighted by Gasteiger charge is -2.36. The number of aromatic nitrogens is 1. The fourth-order valence-electron chi connectivity index (χ4n) is 3.81. The molecule has 1 aliphatic rings. The topological polar surface area (TPSA) is 82.7 Å². The Labute approximate surface area is 163 Å². The summed E-state index contributed by atoms with van der Waals surface area (Å²) in [5, 5.41) is 21.8. The summed E-state index contributed by atoms with van der Waals surface area (Å²) in [6, 6.07) is 14.5. The Morgan fingerprint density at radius 2 is 1.86 bits per heavy atom. The molecule has 1 saturated heterocycles. The number of aromatic hydroxyl groups is 1. The van der Waals surface area contributed by atoms with Crippen LogP contribution in [-0.2, 0) is 6.54 Å². The standard InChI is InChI=1S/C21H22N4O3/c1-15-12-20(18-6-3-7-19(25(27)28)21(18)22-15)24-10-8-23(9-11-24)14-16-4-2-5-17(26)13-16/h2-7,12-13,26H,8-11,14H2,1H3. The lowest BCUT2D eigenvalue weighted by molar-refractivity contribution is -0.383. The van der Waals surface area contributed by atoms with Crippen molar-refractivity contribution in [1.29, 1.82) is 0 Å². The third kappa shape index (κ3) is 3.61. The molecule has 0 unspecified atom stereocenters. The Bertz CT molecular complexity index is 1030. The van der Waals surface area contributed by atoms with Gasteiger partial charge in [-0.2, -0.15) is 0 Å². The van der Waals surface area contributed by atoms with Gasteiger partial charge in [-0.1, -0.05) is 24.3 Å². The molecule has 0 atom stereocenters. The smallest absolute Gasteiger partial charge is 0.295 e. The Morgan fingerprint density at radius 1 is 1.11 bits per heavy atom. The summed E-state index contributed by atoms with van der Waals surface area (Å²) in [5.41, 5.74) is 3.37. The van der Waals surface area contributed by atoms with E-state index in [1.54, 1.807) is 18.2 Å². The van der Waals surface area contributed by atoms with Crippen LogP contribution < -0.4 is 4.90 Å². The third-order valence-electron chi connectivity index (χ3n) is 5.15. The molecule has 2 heterocycles. The van der Waals surface area contributed by atoms with Crippen LogP contribution in [0, 0.1) is 17.0 Å². The third-order valence-corrected chi connectivity index (χ3v) is 5.15. The summed E-state index contributed by atoms with van der Waals surface area (Å²) in [5.74, 6) is 0.288. The van der Waals surface area contributed by atoms with E-state index in [4.69, 9.17) is 0 Å². The second-order valence-electron chi connectivity index (χ2n) is 7.15. The summed E-state index contributed by atoms with van der Waals surface area (Å²) in [6.07, 6.45) is 0. The largest absolute Gasteiger partial charge is 0.508 e. The molecule has 144 valence electrons. The minimum absolute atomic E-state index is 0.0463. The van der Waals surface area contributed by atoms with Gasteiger partial charge >= 0.3 is 0 Å². The van der Waals surface area contributed by atoms with Gasteiger partial charge in [-0.05, 0) is 30.7 Å². The van der Waals surface area contributed by atoms with Crippen LogP contribution in [-0.4, -0.2) is 46.1 Å². The molecule has 1 fully saturated rings. The van der Waals surface area contributed by atoms with Crippen LogP contribution in [0.4, 0.5) is 11.4 Å². The van der Waals surface area contributed by atoms with Gasteiger partial charge in [0.1, 0.15) is 5.75 Å². The number of phenolic OH excluding ortho intramolecular Hbond substituents is 1. The first-order chi connectivity index (χ1) is 13.5. The van der Waals surface area contributed by atoms with Crippen LogP contribution in [0.25, 0.3) is 10.9 Å². The molecule has 4 rings (SSSR count). The molecule has 1 aromatic heterocycles. The molecular formula is C21H22N4O3.